The Bertz CT molecular complexity index is 567. The fraction of sp³-hybridized carbons (Fsp3) is 0.636. The molecule has 0 aliphatic heterocycles. The first-order valence-electron chi connectivity index (χ1n) is 9.86. The molecule has 1 aromatic rings. The van der Waals surface area contributed by atoms with Gasteiger partial charge in [0.15, 0.2) is 11.6 Å². The second kappa shape index (κ2) is 9.30. The summed E-state index contributed by atoms with van der Waals surface area (Å²) in [6, 6.07) is 4.34. The molecule has 0 atom stereocenters. The molecule has 0 amide bonds. The summed E-state index contributed by atoms with van der Waals surface area (Å²) in [6.07, 6.45) is 15.1. The van der Waals surface area contributed by atoms with Gasteiger partial charge in [-0.2, -0.15) is 0 Å². The molecule has 0 aromatic heterocycles. The maximum atomic E-state index is 13.3. The molecule has 1 aromatic carbocycles. The van der Waals surface area contributed by atoms with Crippen LogP contribution in [0.2, 0.25) is 0 Å². The molecule has 2 aliphatic carbocycles. The van der Waals surface area contributed by atoms with Crippen molar-refractivity contribution < 1.29 is 8.78 Å². The van der Waals surface area contributed by atoms with E-state index >= 15 is 0 Å². The number of hydrogen-bond donors (Lipinski definition) is 0. The number of rotatable bonds is 5. The molecule has 2 aliphatic rings. The van der Waals surface area contributed by atoms with Crippen molar-refractivity contribution in [2.75, 3.05) is 0 Å². The Morgan fingerprint density at radius 1 is 0.880 bits per heavy atom. The molecular weight excluding hydrogens is 382 g/mol. The zero-order valence-electron chi connectivity index (χ0n) is 14.9. The zero-order chi connectivity index (χ0) is 17.6. The Balaban J connectivity index is 1.39. The van der Waals surface area contributed by atoms with Crippen LogP contribution in [0.15, 0.2) is 29.3 Å². The van der Waals surface area contributed by atoms with Gasteiger partial charge in [0.05, 0.1) is 0 Å². The van der Waals surface area contributed by atoms with Gasteiger partial charge in [0.25, 0.3) is 0 Å². The quantitative estimate of drug-likeness (QED) is 0.473. The van der Waals surface area contributed by atoms with Crippen molar-refractivity contribution in [3.8, 4) is 0 Å². The summed E-state index contributed by atoms with van der Waals surface area (Å²) < 4.78 is 26.3. The molecule has 138 valence electrons. The van der Waals surface area contributed by atoms with Gasteiger partial charge >= 0.3 is 0 Å². The average molecular weight is 411 g/mol. The van der Waals surface area contributed by atoms with Crippen LogP contribution in [-0.2, 0) is 6.42 Å². The highest BCUT2D eigenvalue weighted by Crippen LogP contribution is 2.42. The standard InChI is InChI=1S/C22H29BrF2/c23-14-13-17-5-10-20(11-6-17)19-8-3-16(4-9-19)1-2-18-7-12-21(24)22(25)15-18/h7,12-17,19-20H,1-6,8-11H2/b14-13+. The van der Waals surface area contributed by atoms with Gasteiger partial charge in [-0.05, 0) is 97.7 Å². The van der Waals surface area contributed by atoms with Crippen LogP contribution in [0.1, 0.15) is 63.4 Å². The zero-order valence-corrected chi connectivity index (χ0v) is 16.5. The maximum absolute atomic E-state index is 13.3. The molecule has 2 saturated carbocycles. The lowest BCUT2D eigenvalue weighted by molar-refractivity contribution is 0.153. The van der Waals surface area contributed by atoms with Gasteiger partial charge < -0.3 is 0 Å². The first kappa shape index (κ1) is 19.1. The summed E-state index contributed by atoms with van der Waals surface area (Å²) in [5.41, 5.74) is 0.930. The van der Waals surface area contributed by atoms with E-state index in [0.717, 1.165) is 42.1 Å². The second-order valence-electron chi connectivity index (χ2n) is 8.06. The lowest BCUT2D eigenvalue weighted by Crippen LogP contribution is -2.25. The molecule has 0 saturated heterocycles. The van der Waals surface area contributed by atoms with Crippen molar-refractivity contribution in [2.45, 2.75) is 64.2 Å². The van der Waals surface area contributed by atoms with Crippen LogP contribution in [0.25, 0.3) is 0 Å². The van der Waals surface area contributed by atoms with Gasteiger partial charge in [0.1, 0.15) is 0 Å². The van der Waals surface area contributed by atoms with Gasteiger partial charge in [-0.25, -0.2) is 8.78 Å². The second-order valence-corrected chi connectivity index (χ2v) is 8.59. The van der Waals surface area contributed by atoms with E-state index in [1.54, 1.807) is 6.07 Å². The van der Waals surface area contributed by atoms with E-state index in [0.29, 0.717) is 0 Å². The Kier molecular flexibility index (Phi) is 7.09. The highest BCUT2D eigenvalue weighted by Gasteiger charge is 2.30. The minimum Gasteiger partial charge on any atom is -0.204 e. The molecule has 0 radical (unpaired) electrons. The van der Waals surface area contributed by atoms with Crippen LogP contribution in [0.4, 0.5) is 8.78 Å². The summed E-state index contributed by atoms with van der Waals surface area (Å²) >= 11 is 3.40. The molecule has 3 heteroatoms. The highest BCUT2D eigenvalue weighted by atomic mass is 79.9. The summed E-state index contributed by atoms with van der Waals surface area (Å²) in [6.45, 7) is 0. The fourth-order valence-corrected chi connectivity index (χ4v) is 5.36. The smallest absolute Gasteiger partial charge is 0.159 e. The first-order chi connectivity index (χ1) is 12.2. The predicted molar refractivity (Wildman–Crippen MR) is 104 cm³/mol. The molecule has 0 bridgehead atoms. The molecule has 3 rings (SSSR count). The topological polar surface area (TPSA) is 0 Å². The van der Waals surface area contributed by atoms with E-state index in [2.05, 4.69) is 22.0 Å². The van der Waals surface area contributed by atoms with Crippen LogP contribution in [-0.4, -0.2) is 0 Å². The SMILES string of the molecule is Fc1ccc(CCC2CCC(C3CCC(/C=C/Br)CC3)CC2)cc1F. The number of benzene rings is 1. The number of aryl methyl sites for hydroxylation is 1. The third kappa shape index (κ3) is 5.39. The number of hydrogen-bond acceptors (Lipinski definition) is 0. The molecule has 25 heavy (non-hydrogen) atoms. The predicted octanol–water partition coefficient (Wildman–Crippen LogP) is 7.42. The van der Waals surface area contributed by atoms with Crippen molar-refractivity contribution in [3.63, 3.8) is 0 Å². The molecule has 0 unspecified atom stereocenters. The maximum Gasteiger partial charge on any atom is 0.159 e. The third-order valence-electron chi connectivity index (χ3n) is 6.54. The van der Waals surface area contributed by atoms with Crippen molar-refractivity contribution >= 4 is 15.9 Å². The van der Waals surface area contributed by atoms with Crippen molar-refractivity contribution in [2.24, 2.45) is 23.7 Å². The lowest BCUT2D eigenvalue weighted by atomic mass is 9.68. The normalized spacial score (nSPS) is 30.7. The monoisotopic (exact) mass is 410 g/mol. The van der Waals surface area contributed by atoms with Crippen LogP contribution < -0.4 is 0 Å². The van der Waals surface area contributed by atoms with Crippen molar-refractivity contribution in [3.05, 3.63) is 46.5 Å². The van der Waals surface area contributed by atoms with Crippen LogP contribution in [0, 0.1) is 35.3 Å². The summed E-state index contributed by atoms with van der Waals surface area (Å²) in [5, 5.41) is 0. The van der Waals surface area contributed by atoms with Crippen LogP contribution in [0.3, 0.4) is 0 Å². The number of halogens is 3. The van der Waals surface area contributed by atoms with Crippen molar-refractivity contribution in [1.29, 1.82) is 0 Å². The van der Waals surface area contributed by atoms with E-state index in [9.17, 15) is 8.78 Å². The molecule has 0 N–H and O–H groups in total. The van der Waals surface area contributed by atoms with Crippen molar-refractivity contribution in [1.82, 2.24) is 0 Å². The molecule has 0 nitrogen and oxygen atoms in total. The third-order valence-corrected chi connectivity index (χ3v) is 6.85. The van der Waals surface area contributed by atoms with E-state index in [1.165, 1.54) is 63.5 Å². The minimum atomic E-state index is -0.745. The average Bonchev–Trinajstić information content (AvgIpc) is 2.64. The minimum absolute atomic E-state index is 0.716. The van der Waals surface area contributed by atoms with Gasteiger partial charge in [-0.15, -0.1) is 0 Å². The Morgan fingerprint density at radius 2 is 1.52 bits per heavy atom. The van der Waals surface area contributed by atoms with E-state index in [4.69, 9.17) is 0 Å². The van der Waals surface area contributed by atoms with Crippen LogP contribution >= 0.6 is 15.9 Å². The molecule has 0 heterocycles. The summed E-state index contributed by atoms with van der Waals surface area (Å²) in [4.78, 5) is 2.02. The van der Waals surface area contributed by atoms with E-state index in [1.807, 2.05) is 4.99 Å². The Labute approximate surface area is 159 Å². The summed E-state index contributed by atoms with van der Waals surface area (Å²) in [5.74, 6) is 1.94. The molecule has 2 fully saturated rings. The molecule has 0 spiro atoms. The molecular formula is C22H29BrF2. The Hall–Kier alpha value is -0.700. The van der Waals surface area contributed by atoms with E-state index in [-0.39, 0.29) is 0 Å². The van der Waals surface area contributed by atoms with Gasteiger partial charge in [-0.3, -0.25) is 0 Å². The van der Waals surface area contributed by atoms with Gasteiger partial charge in [0.2, 0.25) is 0 Å². The van der Waals surface area contributed by atoms with Gasteiger partial charge in [0, 0.05) is 0 Å². The van der Waals surface area contributed by atoms with Gasteiger partial charge in [-0.1, -0.05) is 40.9 Å². The Morgan fingerprint density at radius 3 is 2.12 bits per heavy atom. The summed E-state index contributed by atoms with van der Waals surface area (Å²) in [7, 11) is 0. The largest absolute Gasteiger partial charge is 0.204 e. The lowest BCUT2D eigenvalue weighted by Gasteiger charge is -2.37. The highest BCUT2D eigenvalue weighted by molar-refractivity contribution is 9.11. The van der Waals surface area contributed by atoms with E-state index < -0.39 is 11.6 Å². The number of allylic oxidation sites excluding steroid dienone is 1. The first-order valence-corrected chi connectivity index (χ1v) is 10.8. The van der Waals surface area contributed by atoms with Crippen LogP contribution in [0.5, 0.6) is 0 Å². The fourth-order valence-electron chi connectivity index (χ4n) is 4.93.